The summed E-state index contributed by atoms with van der Waals surface area (Å²) in [4.78, 5) is 0. The molecule has 169 valence electrons. The number of hydrogen-bond acceptors (Lipinski definition) is 1. The summed E-state index contributed by atoms with van der Waals surface area (Å²) in [6.45, 7) is 10.3. The van der Waals surface area contributed by atoms with E-state index in [4.69, 9.17) is 4.52 Å². The molecule has 2 nitrogen and oxygen atoms in total. The van der Waals surface area contributed by atoms with Crippen molar-refractivity contribution in [2.75, 3.05) is 0 Å². The van der Waals surface area contributed by atoms with Gasteiger partial charge in [0.05, 0.1) is 0 Å². The molecule has 0 N–H and O–H groups in total. The topological polar surface area (TPSA) is 17.3 Å². The van der Waals surface area contributed by atoms with Gasteiger partial charge in [-0.3, -0.25) is 0 Å². The third kappa shape index (κ3) is 2.07. The summed E-state index contributed by atoms with van der Waals surface area (Å²) in [6, 6.07) is 30.6. The van der Waals surface area contributed by atoms with Crippen molar-refractivity contribution >= 4 is 104 Å². The molecule has 4 saturated heterocycles. The van der Waals surface area contributed by atoms with Crippen molar-refractivity contribution < 1.29 is 0 Å². The predicted octanol–water partition coefficient (Wildman–Crippen LogP) is 3.05. The summed E-state index contributed by atoms with van der Waals surface area (Å²) in [7, 11) is 2.44. The number of benzene rings is 4. The van der Waals surface area contributed by atoms with Crippen molar-refractivity contribution in [3.8, 4) is 5.69 Å². The number of hydrogen-bond donors (Lipinski definition) is 0. The molecule has 5 radical (unpaired) electrons. The number of aromatic nitrogens is 1. The molecule has 0 aliphatic carbocycles. The number of nitrogens with zero attached hydrogens (tertiary/aromatic N) is 2. The molecular formula is C27H19B7N2P2-. The van der Waals surface area contributed by atoms with Gasteiger partial charge >= 0.3 is 228 Å². The Kier molecular flexibility index (Phi) is 3.19. The van der Waals surface area contributed by atoms with Gasteiger partial charge in [0.15, 0.2) is 0 Å². The van der Waals surface area contributed by atoms with Crippen LogP contribution < -0.4 is 21.7 Å². The van der Waals surface area contributed by atoms with E-state index in [0.717, 1.165) is 12.4 Å². The Bertz CT molecular complexity index is 2050. The Morgan fingerprint density at radius 2 is 1.66 bits per heavy atom. The Balaban J connectivity index is 1.24. The second-order valence-corrected chi connectivity index (χ2v) is 19.8. The van der Waals surface area contributed by atoms with Crippen LogP contribution in [0.15, 0.2) is 83.4 Å². The van der Waals surface area contributed by atoms with Crippen LogP contribution in [0.1, 0.15) is 25.0 Å². The third-order valence-corrected chi connectivity index (χ3v) is 19.2. The molecule has 5 aromatic rings. The molecule has 11 heteroatoms. The van der Waals surface area contributed by atoms with Gasteiger partial charge in [0, 0.05) is 0 Å². The van der Waals surface area contributed by atoms with Crippen molar-refractivity contribution in [1.29, 1.82) is 0 Å². The second kappa shape index (κ2) is 5.89. The summed E-state index contributed by atoms with van der Waals surface area (Å²) in [6.07, 6.45) is 0.274. The van der Waals surface area contributed by atoms with E-state index in [2.05, 4.69) is 118 Å². The zero-order valence-corrected chi connectivity index (χ0v) is 23.1. The van der Waals surface area contributed by atoms with Crippen LogP contribution in [-0.2, 0) is 5.41 Å². The molecule has 38 heavy (non-hydrogen) atoms. The normalized spacial score (nSPS) is 23.0. The molecule has 4 aromatic carbocycles. The molecule has 6 aliphatic rings. The molecule has 0 bridgehead atoms. The van der Waals surface area contributed by atoms with Crippen molar-refractivity contribution in [2.24, 2.45) is 4.52 Å². The fourth-order valence-corrected chi connectivity index (χ4v) is 17.4. The second-order valence-electron chi connectivity index (χ2n) is 12.9. The first-order valence-electron chi connectivity index (χ1n) is 13.9. The Morgan fingerprint density at radius 1 is 0.895 bits per heavy atom. The van der Waals surface area contributed by atoms with Crippen molar-refractivity contribution in [3.05, 3.63) is 90.0 Å². The van der Waals surface area contributed by atoms with Gasteiger partial charge in [-0.2, -0.15) is 0 Å². The van der Waals surface area contributed by atoms with Crippen molar-refractivity contribution in [3.63, 3.8) is 0 Å². The van der Waals surface area contributed by atoms with Gasteiger partial charge < -0.3 is 0 Å². The van der Waals surface area contributed by atoms with E-state index in [1.54, 1.807) is 0 Å². The number of rotatable bonds is 2. The molecule has 0 spiro atoms. The first kappa shape index (κ1) is 20.6. The average Bonchev–Trinajstić information content (AvgIpc) is 3.83. The van der Waals surface area contributed by atoms with Crippen molar-refractivity contribution in [2.45, 2.75) is 19.3 Å². The average molecular weight is 509 g/mol. The zero-order chi connectivity index (χ0) is 24.8. The van der Waals surface area contributed by atoms with Crippen LogP contribution >= 0.6 is 13.9 Å². The monoisotopic (exact) mass is 510 g/mol. The predicted molar refractivity (Wildman–Crippen MR) is 174 cm³/mol. The van der Waals surface area contributed by atoms with Crippen LogP contribution in [-0.4, -0.2) is 50.8 Å². The molecule has 6 aliphatic heterocycles. The van der Waals surface area contributed by atoms with Crippen LogP contribution in [0, 0.1) is 0 Å². The minimum atomic E-state index is -2.15. The van der Waals surface area contributed by atoms with Gasteiger partial charge in [0.25, 0.3) is 0 Å². The van der Waals surface area contributed by atoms with Gasteiger partial charge in [-0.05, 0) is 0 Å². The molecule has 4 fully saturated rings. The molecule has 1 aromatic heterocycles. The fraction of sp³-hybridized carbons (Fsp3) is 0.111. The molecule has 11 rings (SSSR count). The Morgan fingerprint density at radius 3 is 2.45 bits per heavy atom. The zero-order valence-electron chi connectivity index (χ0n) is 21.3. The number of fused-ring (bicyclic) bond motifs is 9. The third-order valence-electron chi connectivity index (χ3n) is 10.7. The summed E-state index contributed by atoms with van der Waals surface area (Å²) >= 11 is 0. The van der Waals surface area contributed by atoms with E-state index in [1.807, 2.05) is 0 Å². The summed E-state index contributed by atoms with van der Waals surface area (Å²) in [5, 5.41) is 4.31. The van der Waals surface area contributed by atoms with Gasteiger partial charge in [0.2, 0.25) is 0 Å². The van der Waals surface area contributed by atoms with E-state index >= 15 is 0 Å². The molecule has 7 heterocycles. The molecule has 0 saturated carbocycles. The van der Waals surface area contributed by atoms with Crippen LogP contribution in [0.2, 0.25) is 0 Å². The molecule has 0 unspecified atom stereocenters. The van der Waals surface area contributed by atoms with E-state index in [0.29, 0.717) is 6.21 Å². The van der Waals surface area contributed by atoms with Crippen molar-refractivity contribution in [1.82, 2.24) is 4.57 Å². The first-order valence-corrected chi connectivity index (χ1v) is 17.8. The SMILES string of the molecule is CC1(C)c2ccccc2B2c3c(cccc31)-n1c3ccc(P45(N=[P+]6B7[B-]B76)[B]B4[B-]5)cc3c3cccc2c31. The fourth-order valence-electron chi connectivity index (χ4n) is 8.29. The maximum absolute atomic E-state index is 5.65. The standard InChI is InChI=1S/C27H19B7N2P2/c1-27(2)19-8-3-4-10-21(19)31-22-11-5-7-17-18-15-16(38(29-32(38)30-38)35-37-33-28-34(33)37)13-14-23(18)36(26(17)22)24-12-6-9-20(27)25(24)31/h3-15H,1-2H3/q-1. The van der Waals surface area contributed by atoms with Crippen LogP contribution in [0.5, 0.6) is 0 Å². The number of para-hydroxylation sites is 1. The molecule has 0 atom stereocenters. The van der Waals surface area contributed by atoms with E-state index < -0.39 is 6.39 Å². The minimum absolute atomic E-state index is 0.0281. The summed E-state index contributed by atoms with van der Waals surface area (Å²) in [5.41, 5.74) is 11.4. The van der Waals surface area contributed by atoms with E-state index in [9.17, 15) is 0 Å². The van der Waals surface area contributed by atoms with Gasteiger partial charge in [-0.1, -0.05) is 0 Å². The molecule has 0 amide bonds. The Hall–Kier alpha value is -2.34. The maximum atomic E-state index is 5.65. The van der Waals surface area contributed by atoms with Crippen LogP contribution in [0.25, 0.3) is 27.5 Å². The Labute approximate surface area is 226 Å². The molecular weight excluding hydrogens is 490 g/mol. The summed E-state index contributed by atoms with van der Waals surface area (Å²) in [5.74, 6) is 0. The van der Waals surface area contributed by atoms with Gasteiger partial charge in [0.1, 0.15) is 0 Å². The van der Waals surface area contributed by atoms with E-state index in [-0.39, 0.29) is 19.6 Å². The van der Waals surface area contributed by atoms with Gasteiger partial charge in [-0.25, -0.2) is 0 Å². The first-order chi connectivity index (χ1) is 18.5. The van der Waals surface area contributed by atoms with Gasteiger partial charge in [-0.15, -0.1) is 0 Å². The van der Waals surface area contributed by atoms with Crippen LogP contribution in [0.4, 0.5) is 0 Å². The van der Waals surface area contributed by atoms with E-state index in [1.165, 1.54) is 60.3 Å². The summed E-state index contributed by atoms with van der Waals surface area (Å²) < 4.78 is 8.24. The van der Waals surface area contributed by atoms with Crippen LogP contribution in [0.3, 0.4) is 0 Å². The quantitative estimate of drug-likeness (QED) is 0.253.